The monoisotopic (exact) mass is 448 g/mol. The van der Waals surface area contributed by atoms with Crippen molar-refractivity contribution in [1.82, 2.24) is 10.3 Å². The molecule has 0 aliphatic heterocycles. The molecule has 0 bridgehead atoms. The molecule has 0 spiro atoms. The Kier molecular flexibility index (Phi) is 9.90. The molecule has 9 heteroatoms. The van der Waals surface area contributed by atoms with E-state index in [1.165, 1.54) is 6.20 Å². The number of aromatic nitrogens is 1. The van der Waals surface area contributed by atoms with Crippen molar-refractivity contribution in [3.63, 3.8) is 0 Å². The Balaban J connectivity index is 1.73. The number of nitrogens with zero attached hydrogens (tertiary/aromatic N) is 1. The highest BCUT2D eigenvalue weighted by atomic mass is 35.5. The van der Waals surface area contributed by atoms with E-state index in [0.717, 1.165) is 24.8 Å². The van der Waals surface area contributed by atoms with E-state index in [0.29, 0.717) is 12.2 Å². The number of rotatable bonds is 11. The van der Waals surface area contributed by atoms with Gasteiger partial charge in [-0.1, -0.05) is 41.9 Å². The number of ether oxygens (including phenoxy) is 2. The van der Waals surface area contributed by atoms with Gasteiger partial charge in [-0.05, 0) is 38.7 Å². The van der Waals surface area contributed by atoms with Gasteiger partial charge in [0.2, 0.25) is 0 Å². The van der Waals surface area contributed by atoms with Crippen molar-refractivity contribution in [2.45, 2.75) is 45.8 Å². The molecule has 0 aliphatic rings. The Morgan fingerprint density at radius 1 is 1.19 bits per heavy atom. The number of alkyl carbamates (subject to hydrolysis) is 1. The number of nitrogens with one attached hydrogen (secondary N) is 2. The summed E-state index contributed by atoms with van der Waals surface area (Å²) in [5.74, 6) is -0.508. The van der Waals surface area contributed by atoms with E-state index in [2.05, 4.69) is 15.6 Å². The van der Waals surface area contributed by atoms with Crippen LogP contribution in [0.2, 0.25) is 5.15 Å². The molecule has 0 saturated carbocycles. The lowest BCUT2D eigenvalue weighted by atomic mass is 10.1. The molecular formula is C22H29ClN4O4. The van der Waals surface area contributed by atoms with Crippen molar-refractivity contribution in [2.24, 2.45) is 0 Å². The topological polar surface area (TPSA) is 116 Å². The number of esters is 1. The quantitative estimate of drug-likeness (QED) is 0.265. The first kappa shape index (κ1) is 24.3. The fourth-order valence-electron chi connectivity index (χ4n) is 2.88. The van der Waals surface area contributed by atoms with Crippen molar-refractivity contribution >= 4 is 35.0 Å². The number of unbranched alkanes of at least 4 members (excludes halogenated alkanes) is 1. The third kappa shape index (κ3) is 7.97. The minimum absolute atomic E-state index is 0.0129. The molecule has 31 heavy (non-hydrogen) atoms. The molecule has 168 valence electrons. The molecule has 0 aliphatic carbocycles. The molecule has 8 nitrogen and oxygen atoms in total. The van der Waals surface area contributed by atoms with Gasteiger partial charge in [0.25, 0.3) is 0 Å². The molecule has 1 heterocycles. The van der Waals surface area contributed by atoms with Crippen molar-refractivity contribution in [1.29, 1.82) is 0 Å². The Bertz CT molecular complexity index is 864. The first-order valence-corrected chi connectivity index (χ1v) is 10.6. The Morgan fingerprint density at radius 3 is 2.65 bits per heavy atom. The number of nitrogens with two attached hydrogens (primary N) is 1. The summed E-state index contributed by atoms with van der Waals surface area (Å²) in [4.78, 5) is 27.9. The second-order valence-electron chi connectivity index (χ2n) is 7.00. The van der Waals surface area contributed by atoms with Crippen LogP contribution in [0.1, 0.15) is 49.0 Å². The molecule has 1 aromatic heterocycles. The number of anilines is 2. The molecule has 1 unspecified atom stereocenters. The number of hydrogen-bond acceptors (Lipinski definition) is 7. The second-order valence-corrected chi connectivity index (χ2v) is 7.36. The average molecular weight is 449 g/mol. The Labute approximate surface area is 187 Å². The highest BCUT2D eigenvalue weighted by Crippen LogP contribution is 2.30. The van der Waals surface area contributed by atoms with E-state index in [1.807, 2.05) is 37.3 Å². The van der Waals surface area contributed by atoms with Crippen LogP contribution in [-0.4, -0.2) is 36.2 Å². The van der Waals surface area contributed by atoms with E-state index in [4.69, 9.17) is 26.8 Å². The Hall–Kier alpha value is -3.00. The fraction of sp³-hybridized carbons (Fsp3) is 0.409. The first-order valence-electron chi connectivity index (χ1n) is 10.2. The van der Waals surface area contributed by atoms with Gasteiger partial charge in [0.1, 0.15) is 12.2 Å². The largest absolute Gasteiger partial charge is 0.462 e. The third-order valence-electron chi connectivity index (χ3n) is 4.50. The number of carbonyl (C=O) groups is 2. The van der Waals surface area contributed by atoms with Gasteiger partial charge in [0.05, 0.1) is 18.0 Å². The van der Waals surface area contributed by atoms with Crippen LogP contribution in [0.15, 0.2) is 36.5 Å². The van der Waals surface area contributed by atoms with Crippen LogP contribution in [-0.2, 0) is 16.1 Å². The molecule has 4 N–H and O–H groups in total. The number of carbonyl (C=O) groups excluding carboxylic acids is 2. The summed E-state index contributed by atoms with van der Waals surface area (Å²) in [6.07, 6.45) is 3.34. The molecular weight excluding hydrogens is 420 g/mol. The van der Waals surface area contributed by atoms with E-state index in [9.17, 15) is 9.59 Å². The summed E-state index contributed by atoms with van der Waals surface area (Å²) >= 11 is 6.01. The predicted molar refractivity (Wildman–Crippen MR) is 121 cm³/mol. The standard InChI is InChI=1S/C22H29ClN4O4/c1-3-30-21(28)17-13-26-20(23)18(24)19(17)27-15(2)9-7-8-12-25-22(29)31-14-16-10-5-4-6-11-16/h4-6,10-11,13,15H,3,7-9,12,14,24H2,1-2H3,(H,25,29)(H,26,27). The van der Waals surface area contributed by atoms with E-state index in [1.54, 1.807) is 6.92 Å². The van der Waals surface area contributed by atoms with Crippen LogP contribution in [0, 0.1) is 0 Å². The minimum Gasteiger partial charge on any atom is -0.462 e. The molecule has 1 aromatic carbocycles. The van der Waals surface area contributed by atoms with Crippen LogP contribution < -0.4 is 16.4 Å². The van der Waals surface area contributed by atoms with Gasteiger partial charge in [0.15, 0.2) is 5.15 Å². The zero-order chi connectivity index (χ0) is 22.6. The lowest BCUT2D eigenvalue weighted by Crippen LogP contribution is -2.25. The average Bonchev–Trinajstić information content (AvgIpc) is 2.76. The van der Waals surface area contributed by atoms with Gasteiger partial charge < -0.3 is 25.8 Å². The van der Waals surface area contributed by atoms with Gasteiger partial charge in [-0.3, -0.25) is 0 Å². The molecule has 1 amide bonds. The second kappa shape index (κ2) is 12.6. The number of hydrogen-bond donors (Lipinski definition) is 3. The number of benzene rings is 1. The van der Waals surface area contributed by atoms with Gasteiger partial charge in [-0.2, -0.15) is 0 Å². The summed E-state index contributed by atoms with van der Waals surface area (Å²) in [7, 11) is 0. The van der Waals surface area contributed by atoms with Crippen LogP contribution >= 0.6 is 11.6 Å². The van der Waals surface area contributed by atoms with Gasteiger partial charge >= 0.3 is 12.1 Å². The third-order valence-corrected chi connectivity index (χ3v) is 4.80. The highest BCUT2D eigenvalue weighted by Gasteiger charge is 2.19. The predicted octanol–water partition coefficient (Wildman–Crippen LogP) is 4.39. The van der Waals surface area contributed by atoms with Crippen LogP contribution in [0.25, 0.3) is 0 Å². The van der Waals surface area contributed by atoms with E-state index < -0.39 is 12.1 Å². The molecule has 0 fully saturated rings. The number of pyridine rings is 1. The lowest BCUT2D eigenvalue weighted by Gasteiger charge is -2.19. The molecule has 2 rings (SSSR count). The summed E-state index contributed by atoms with van der Waals surface area (Å²) in [6.45, 7) is 4.71. The maximum absolute atomic E-state index is 12.2. The zero-order valence-corrected chi connectivity index (χ0v) is 18.6. The number of halogens is 1. The van der Waals surface area contributed by atoms with Crippen molar-refractivity contribution in [2.75, 3.05) is 24.2 Å². The van der Waals surface area contributed by atoms with E-state index in [-0.39, 0.29) is 35.7 Å². The molecule has 0 radical (unpaired) electrons. The van der Waals surface area contributed by atoms with Crippen LogP contribution in [0.3, 0.4) is 0 Å². The van der Waals surface area contributed by atoms with E-state index >= 15 is 0 Å². The molecule has 0 saturated heterocycles. The SMILES string of the molecule is CCOC(=O)c1cnc(Cl)c(N)c1NC(C)CCCCNC(=O)OCc1ccccc1. The summed E-state index contributed by atoms with van der Waals surface area (Å²) in [5, 5.41) is 6.10. The summed E-state index contributed by atoms with van der Waals surface area (Å²) < 4.78 is 10.2. The Morgan fingerprint density at radius 2 is 1.94 bits per heavy atom. The lowest BCUT2D eigenvalue weighted by molar-refractivity contribution is 0.0527. The van der Waals surface area contributed by atoms with Crippen molar-refractivity contribution < 1.29 is 19.1 Å². The smallest absolute Gasteiger partial charge is 0.407 e. The number of amides is 1. The number of nitrogen functional groups attached to an aromatic ring is 1. The fourth-order valence-corrected chi connectivity index (χ4v) is 3.02. The van der Waals surface area contributed by atoms with Gasteiger partial charge in [0, 0.05) is 18.8 Å². The van der Waals surface area contributed by atoms with Crippen molar-refractivity contribution in [3.05, 3.63) is 52.8 Å². The summed E-state index contributed by atoms with van der Waals surface area (Å²) in [6, 6.07) is 9.52. The maximum atomic E-state index is 12.2. The van der Waals surface area contributed by atoms with Crippen LogP contribution in [0.4, 0.5) is 16.2 Å². The first-order chi connectivity index (χ1) is 14.9. The molecule has 1 atom stereocenters. The highest BCUT2D eigenvalue weighted by molar-refractivity contribution is 6.32. The molecule has 2 aromatic rings. The maximum Gasteiger partial charge on any atom is 0.407 e. The van der Waals surface area contributed by atoms with Gasteiger partial charge in [-0.15, -0.1) is 0 Å². The van der Waals surface area contributed by atoms with Gasteiger partial charge in [-0.25, -0.2) is 14.6 Å². The van der Waals surface area contributed by atoms with Crippen molar-refractivity contribution in [3.8, 4) is 0 Å². The minimum atomic E-state index is -0.508. The zero-order valence-electron chi connectivity index (χ0n) is 17.8. The van der Waals surface area contributed by atoms with Crippen LogP contribution in [0.5, 0.6) is 0 Å². The summed E-state index contributed by atoms with van der Waals surface area (Å²) in [5.41, 5.74) is 7.84. The normalized spacial score (nSPS) is 11.5.